The maximum atomic E-state index is 5.21. The Hall–Kier alpha value is -2.07. The lowest BCUT2D eigenvalue weighted by Crippen LogP contribution is -1.95. The van der Waals surface area contributed by atoms with Gasteiger partial charge in [0.25, 0.3) is 0 Å². The van der Waals surface area contributed by atoms with Crippen LogP contribution in [0.4, 0.5) is 0 Å². The number of benzene rings is 1. The van der Waals surface area contributed by atoms with Crippen molar-refractivity contribution >= 4 is 23.1 Å². The molecule has 1 aromatic carbocycles. The quantitative estimate of drug-likeness (QED) is 0.716. The lowest BCUT2D eigenvalue weighted by Gasteiger charge is -2.06. The standard InChI is InChI=1S/C15H13N3S/c1-2-14-17-13(9-15(19)18-14)11-5-6-12-10(8-11)4-3-7-16-12/h3-9H,2H2,1H3,(H,17,18,19). The van der Waals surface area contributed by atoms with Crippen molar-refractivity contribution in [3.05, 3.63) is 53.1 Å². The molecule has 0 saturated carbocycles. The molecule has 0 radical (unpaired) electrons. The van der Waals surface area contributed by atoms with Crippen molar-refractivity contribution in [3.8, 4) is 11.3 Å². The minimum Gasteiger partial charge on any atom is -0.343 e. The van der Waals surface area contributed by atoms with E-state index in [1.807, 2.05) is 18.2 Å². The summed E-state index contributed by atoms with van der Waals surface area (Å²) in [4.78, 5) is 11.9. The van der Waals surface area contributed by atoms with Crippen molar-refractivity contribution in [1.82, 2.24) is 15.0 Å². The van der Waals surface area contributed by atoms with E-state index in [0.717, 1.165) is 34.4 Å². The molecule has 0 aliphatic carbocycles. The van der Waals surface area contributed by atoms with Gasteiger partial charge in [-0.05, 0) is 29.8 Å². The molecule has 19 heavy (non-hydrogen) atoms. The van der Waals surface area contributed by atoms with Crippen LogP contribution in [0.25, 0.3) is 22.2 Å². The Labute approximate surface area is 116 Å². The summed E-state index contributed by atoms with van der Waals surface area (Å²) in [7, 11) is 0. The molecule has 2 aromatic heterocycles. The van der Waals surface area contributed by atoms with Crippen molar-refractivity contribution < 1.29 is 0 Å². The van der Waals surface area contributed by atoms with Crippen LogP contribution < -0.4 is 0 Å². The van der Waals surface area contributed by atoms with Gasteiger partial charge in [0.1, 0.15) is 10.5 Å². The van der Waals surface area contributed by atoms with Crippen molar-refractivity contribution in [3.63, 3.8) is 0 Å². The molecular formula is C15H13N3S. The fourth-order valence-corrected chi connectivity index (χ4v) is 2.30. The number of pyridine rings is 1. The first-order chi connectivity index (χ1) is 9.26. The molecule has 0 atom stereocenters. The fourth-order valence-electron chi connectivity index (χ4n) is 2.07. The molecule has 1 N–H and O–H groups in total. The van der Waals surface area contributed by atoms with Crippen LogP contribution >= 0.6 is 12.2 Å². The molecular weight excluding hydrogens is 254 g/mol. The van der Waals surface area contributed by atoms with Gasteiger partial charge in [-0.15, -0.1) is 0 Å². The lowest BCUT2D eigenvalue weighted by atomic mass is 10.1. The van der Waals surface area contributed by atoms with Crippen LogP contribution in [0.3, 0.4) is 0 Å². The van der Waals surface area contributed by atoms with E-state index in [9.17, 15) is 0 Å². The van der Waals surface area contributed by atoms with Gasteiger partial charge in [0, 0.05) is 23.7 Å². The van der Waals surface area contributed by atoms with Gasteiger partial charge in [-0.2, -0.15) is 0 Å². The monoisotopic (exact) mass is 267 g/mol. The van der Waals surface area contributed by atoms with Crippen molar-refractivity contribution in [2.75, 3.05) is 0 Å². The zero-order valence-electron chi connectivity index (χ0n) is 10.6. The third-order valence-electron chi connectivity index (χ3n) is 3.04. The number of aromatic amines is 1. The number of hydrogen-bond donors (Lipinski definition) is 1. The molecule has 3 nitrogen and oxygen atoms in total. The molecule has 0 amide bonds. The Morgan fingerprint density at radius 2 is 2.11 bits per heavy atom. The van der Waals surface area contributed by atoms with E-state index in [2.05, 4.69) is 40.1 Å². The van der Waals surface area contributed by atoms with E-state index < -0.39 is 0 Å². The molecule has 0 aliphatic heterocycles. The van der Waals surface area contributed by atoms with Crippen LogP contribution in [0.1, 0.15) is 12.7 Å². The first-order valence-electron chi connectivity index (χ1n) is 6.21. The summed E-state index contributed by atoms with van der Waals surface area (Å²) in [5.41, 5.74) is 3.10. The molecule has 0 aliphatic rings. The molecule has 3 aromatic rings. The Morgan fingerprint density at radius 1 is 1.21 bits per heavy atom. The SMILES string of the molecule is CCc1nc(=S)cc(-c2ccc3ncccc3c2)[nH]1. The first-order valence-corrected chi connectivity index (χ1v) is 6.62. The average molecular weight is 267 g/mol. The molecule has 2 heterocycles. The molecule has 3 rings (SSSR count). The van der Waals surface area contributed by atoms with Crippen LogP contribution in [-0.4, -0.2) is 15.0 Å². The predicted molar refractivity (Wildman–Crippen MR) is 79.5 cm³/mol. The second kappa shape index (κ2) is 4.90. The molecule has 0 fully saturated rings. The number of aromatic nitrogens is 3. The smallest absolute Gasteiger partial charge is 0.130 e. The van der Waals surface area contributed by atoms with Gasteiger partial charge in [-0.1, -0.05) is 31.3 Å². The highest BCUT2D eigenvalue weighted by Gasteiger charge is 2.02. The van der Waals surface area contributed by atoms with E-state index in [1.165, 1.54) is 0 Å². The van der Waals surface area contributed by atoms with Gasteiger partial charge in [-0.3, -0.25) is 4.98 Å². The van der Waals surface area contributed by atoms with Crippen LogP contribution in [0.2, 0.25) is 0 Å². The number of hydrogen-bond acceptors (Lipinski definition) is 3. The minimum absolute atomic E-state index is 0.622. The van der Waals surface area contributed by atoms with Crippen molar-refractivity contribution in [1.29, 1.82) is 0 Å². The summed E-state index contributed by atoms with van der Waals surface area (Å²) in [6, 6.07) is 12.1. The van der Waals surface area contributed by atoms with E-state index >= 15 is 0 Å². The van der Waals surface area contributed by atoms with Crippen molar-refractivity contribution in [2.24, 2.45) is 0 Å². The highest BCUT2D eigenvalue weighted by atomic mass is 32.1. The Balaban J connectivity index is 2.18. The maximum absolute atomic E-state index is 5.21. The number of nitrogens with one attached hydrogen (secondary N) is 1. The molecule has 0 spiro atoms. The predicted octanol–water partition coefficient (Wildman–Crippen LogP) is 3.92. The van der Waals surface area contributed by atoms with Gasteiger partial charge in [-0.25, -0.2) is 4.98 Å². The minimum atomic E-state index is 0.622. The summed E-state index contributed by atoms with van der Waals surface area (Å²) in [5.74, 6) is 0.911. The third-order valence-corrected chi connectivity index (χ3v) is 3.25. The lowest BCUT2D eigenvalue weighted by molar-refractivity contribution is 0.936. The van der Waals surface area contributed by atoms with Crippen LogP contribution in [0, 0.1) is 4.64 Å². The largest absolute Gasteiger partial charge is 0.343 e. The highest BCUT2D eigenvalue weighted by molar-refractivity contribution is 7.71. The number of rotatable bonds is 2. The normalized spacial score (nSPS) is 10.8. The number of nitrogens with zero attached hydrogens (tertiary/aromatic N) is 2. The van der Waals surface area contributed by atoms with E-state index in [4.69, 9.17) is 12.2 Å². The Morgan fingerprint density at radius 3 is 2.95 bits per heavy atom. The number of H-pyrrole nitrogens is 1. The van der Waals surface area contributed by atoms with Gasteiger partial charge in [0.2, 0.25) is 0 Å². The van der Waals surface area contributed by atoms with Crippen LogP contribution in [0.15, 0.2) is 42.6 Å². The van der Waals surface area contributed by atoms with Gasteiger partial charge in [0.15, 0.2) is 0 Å². The number of fused-ring (bicyclic) bond motifs is 1. The summed E-state index contributed by atoms with van der Waals surface area (Å²) in [6.07, 6.45) is 2.64. The Bertz CT molecular complexity index is 792. The number of aryl methyl sites for hydroxylation is 1. The van der Waals surface area contributed by atoms with E-state index in [-0.39, 0.29) is 0 Å². The van der Waals surface area contributed by atoms with E-state index in [1.54, 1.807) is 6.20 Å². The maximum Gasteiger partial charge on any atom is 0.130 e. The molecule has 0 bridgehead atoms. The second-order valence-corrected chi connectivity index (χ2v) is 4.76. The topological polar surface area (TPSA) is 41.6 Å². The molecule has 0 unspecified atom stereocenters. The molecule has 94 valence electrons. The molecule has 0 saturated heterocycles. The zero-order chi connectivity index (χ0) is 13.2. The highest BCUT2D eigenvalue weighted by Crippen LogP contribution is 2.22. The van der Waals surface area contributed by atoms with Gasteiger partial charge >= 0.3 is 0 Å². The summed E-state index contributed by atoms with van der Waals surface area (Å²) < 4.78 is 0.622. The third kappa shape index (κ3) is 2.39. The summed E-state index contributed by atoms with van der Waals surface area (Å²) in [6.45, 7) is 2.06. The molecule has 4 heteroatoms. The first kappa shape index (κ1) is 12.0. The van der Waals surface area contributed by atoms with Crippen molar-refractivity contribution in [2.45, 2.75) is 13.3 Å². The summed E-state index contributed by atoms with van der Waals surface area (Å²) in [5, 5.41) is 1.12. The zero-order valence-corrected chi connectivity index (χ0v) is 11.4. The summed E-state index contributed by atoms with van der Waals surface area (Å²) >= 11 is 5.21. The Kier molecular flexibility index (Phi) is 3.09. The second-order valence-electron chi connectivity index (χ2n) is 4.34. The van der Waals surface area contributed by atoms with Crippen LogP contribution in [0.5, 0.6) is 0 Å². The van der Waals surface area contributed by atoms with Crippen LogP contribution in [-0.2, 0) is 6.42 Å². The van der Waals surface area contributed by atoms with E-state index in [0.29, 0.717) is 4.64 Å². The fraction of sp³-hybridized carbons (Fsp3) is 0.133. The average Bonchev–Trinajstić information content (AvgIpc) is 2.46. The van der Waals surface area contributed by atoms with Gasteiger partial charge < -0.3 is 4.98 Å². The van der Waals surface area contributed by atoms with Gasteiger partial charge in [0.05, 0.1) is 5.52 Å².